The molecule has 0 saturated heterocycles. The number of nitrogens with zero attached hydrogens (tertiary/aromatic N) is 2. The molecule has 1 aliphatic carbocycles. The second kappa shape index (κ2) is 19.6. The van der Waals surface area contributed by atoms with Gasteiger partial charge < -0.3 is 9.80 Å². The van der Waals surface area contributed by atoms with Gasteiger partial charge in [-0.1, -0.05) is 221 Å². The van der Waals surface area contributed by atoms with Crippen LogP contribution in [0.2, 0.25) is 39.3 Å². The molecule has 2 nitrogen and oxygen atoms in total. The lowest BCUT2D eigenvalue weighted by molar-refractivity contribution is 0.964. The van der Waals surface area contributed by atoms with Crippen LogP contribution in [0.15, 0.2) is 267 Å². The molecule has 0 unspecified atom stereocenters. The molecule has 0 bridgehead atoms. The Bertz CT molecular complexity index is 5130. The summed E-state index contributed by atoms with van der Waals surface area (Å²) in [4.78, 5) is 4.88. The summed E-state index contributed by atoms with van der Waals surface area (Å²) < 4.78 is 5.07. The minimum Gasteiger partial charge on any atom is -0.309 e. The van der Waals surface area contributed by atoms with Crippen LogP contribution < -0.4 is 9.80 Å². The van der Waals surface area contributed by atoms with Crippen molar-refractivity contribution in [3.8, 4) is 33.4 Å². The summed E-state index contributed by atoms with van der Waals surface area (Å²) in [7, 11) is -4.38. The SMILES string of the molecule is C[Si](C)(C)C1([Si](C)(C)C)c2cc(-c3ccc(N(c4ccccc4)c4cccc5c4sc4ccccc45)cc3)c3ccccc3c2-c2c1c1ccc(-c3ccc(N(c4ccccc4)c4cccc5c4sc4ccccc45)cc3)cc1c1ccccc21. The molecule has 2 heterocycles. The fourth-order valence-electron chi connectivity index (χ4n) is 15.4. The van der Waals surface area contributed by atoms with Gasteiger partial charge in [0.1, 0.15) is 0 Å². The molecule has 0 amide bonds. The molecule has 15 aromatic rings. The first-order valence-corrected chi connectivity index (χ1v) is 38.4. The topological polar surface area (TPSA) is 6.48 Å². The molecular formula is C79H62N2S2Si2. The van der Waals surface area contributed by atoms with Crippen molar-refractivity contribution in [2.75, 3.05) is 9.80 Å². The largest absolute Gasteiger partial charge is 0.309 e. The van der Waals surface area contributed by atoms with Gasteiger partial charge in [-0.3, -0.25) is 0 Å². The fraction of sp³-hybridized carbons (Fsp3) is 0.0886. The molecule has 0 fully saturated rings. The predicted molar refractivity (Wildman–Crippen MR) is 378 cm³/mol. The Morgan fingerprint density at radius 3 is 1.22 bits per heavy atom. The van der Waals surface area contributed by atoms with Crippen LogP contribution in [0.5, 0.6) is 0 Å². The van der Waals surface area contributed by atoms with E-state index in [0.29, 0.717) is 0 Å². The molecular weight excluding hydrogens is 1100 g/mol. The lowest BCUT2D eigenvalue weighted by Crippen LogP contribution is -2.63. The number of thiophene rings is 2. The van der Waals surface area contributed by atoms with Crippen molar-refractivity contribution in [1.82, 2.24) is 0 Å². The first-order chi connectivity index (χ1) is 41.5. The standard InChI is InChI=1S/C79H62N2S2Si2/c1-84(2,3)79(85(4,5)6)69-50-67(52-41-46-57(47-42-52)81(55-25-11-8-12-26-55)71-36-22-34-66-61-30-18-20-38-73(61)83-78(66)71)58-27-13-15-31-62(58)74(69)75-63-32-16-14-28-59(63)68-49-53(43-48-64(68)76(75)79)51-39-44-56(45-40-51)80(54-23-9-7-10-24-54)70-35-21-33-65-60-29-17-19-37-72(60)82-77(65)70/h7-50H,1-6H3. The summed E-state index contributed by atoms with van der Waals surface area (Å²) in [5, 5.41) is 13.2. The third kappa shape index (κ3) is 7.85. The number of anilines is 6. The molecule has 0 aliphatic heterocycles. The lowest BCUT2D eigenvalue weighted by Gasteiger charge is -2.51. The number of fused-ring (bicyclic) bond motifs is 16. The van der Waals surface area contributed by atoms with Crippen LogP contribution in [0.4, 0.5) is 34.1 Å². The Labute approximate surface area is 507 Å². The van der Waals surface area contributed by atoms with E-state index in [2.05, 4.69) is 316 Å². The minimum atomic E-state index is -2.19. The van der Waals surface area contributed by atoms with E-state index >= 15 is 0 Å². The van der Waals surface area contributed by atoms with Crippen LogP contribution in [0.25, 0.3) is 106 Å². The highest BCUT2D eigenvalue weighted by Crippen LogP contribution is 2.64. The van der Waals surface area contributed by atoms with Gasteiger partial charge in [0, 0.05) is 58.4 Å². The first kappa shape index (κ1) is 51.7. The van der Waals surface area contributed by atoms with E-state index in [-0.39, 0.29) is 4.66 Å². The summed E-state index contributed by atoms with van der Waals surface area (Å²) in [6.07, 6.45) is 0. The Balaban J connectivity index is 0.854. The van der Waals surface area contributed by atoms with Crippen molar-refractivity contribution in [2.24, 2.45) is 0 Å². The smallest absolute Gasteiger partial charge is 0.0640 e. The summed E-state index contributed by atoms with van der Waals surface area (Å²) in [5.74, 6) is 0. The molecule has 0 N–H and O–H groups in total. The zero-order valence-corrected chi connectivity index (χ0v) is 52.2. The van der Waals surface area contributed by atoms with Gasteiger partial charge in [-0.15, -0.1) is 22.7 Å². The van der Waals surface area contributed by atoms with E-state index < -0.39 is 16.1 Å². The average molecular weight is 1160 g/mol. The Morgan fingerprint density at radius 1 is 0.294 bits per heavy atom. The summed E-state index contributed by atoms with van der Waals surface area (Å²) in [6, 6.07) is 100. The Kier molecular flexibility index (Phi) is 11.9. The maximum Gasteiger partial charge on any atom is 0.0640 e. The van der Waals surface area contributed by atoms with Crippen molar-refractivity contribution >= 4 is 146 Å². The maximum atomic E-state index is 2.69. The van der Waals surface area contributed by atoms with Crippen LogP contribution in [-0.4, -0.2) is 16.1 Å². The summed E-state index contributed by atoms with van der Waals surface area (Å²) >= 11 is 3.76. The summed E-state index contributed by atoms with van der Waals surface area (Å²) in [5.41, 5.74) is 17.9. The third-order valence-electron chi connectivity index (χ3n) is 18.5. The van der Waals surface area contributed by atoms with Crippen LogP contribution in [0, 0.1) is 0 Å². The molecule has 16 rings (SSSR count). The van der Waals surface area contributed by atoms with Crippen molar-refractivity contribution in [3.63, 3.8) is 0 Å². The summed E-state index contributed by atoms with van der Waals surface area (Å²) in [6.45, 7) is 16.0. The van der Waals surface area contributed by atoms with E-state index in [9.17, 15) is 0 Å². The molecule has 0 atom stereocenters. The molecule has 0 saturated carbocycles. The Morgan fingerprint density at radius 2 is 0.706 bits per heavy atom. The zero-order chi connectivity index (χ0) is 57.3. The third-order valence-corrected chi connectivity index (χ3v) is 31.0. The van der Waals surface area contributed by atoms with Crippen LogP contribution in [-0.2, 0) is 4.66 Å². The van der Waals surface area contributed by atoms with Crippen LogP contribution in [0.1, 0.15) is 11.1 Å². The van der Waals surface area contributed by atoms with Crippen molar-refractivity contribution in [3.05, 3.63) is 278 Å². The van der Waals surface area contributed by atoms with Crippen molar-refractivity contribution in [1.29, 1.82) is 0 Å². The van der Waals surface area contributed by atoms with Gasteiger partial charge >= 0.3 is 0 Å². The van der Waals surface area contributed by atoms with Gasteiger partial charge in [0.05, 0.1) is 36.9 Å². The molecule has 6 heteroatoms. The molecule has 408 valence electrons. The average Bonchev–Trinajstić information content (AvgIpc) is 1.56. The number of rotatable bonds is 10. The minimum absolute atomic E-state index is 0.139. The van der Waals surface area contributed by atoms with Gasteiger partial charge in [-0.25, -0.2) is 0 Å². The maximum absolute atomic E-state index is 2.69. The van der Waals surface area contributed by atoms with Crippen molar-refractivity contribution < 1.29 is 0 Å². The number of benzene rings is 13. The van der Waals surface area contributed by atoms with Gasteiger partial charge in [0.15, 0.2) is 0 Å². The number of para-hydroxylation sites is 2. The van der Waals surface area contributed by atoms with Crippen molar-refractivity contribution in [2.45, 2.75) is 43.9 Å². The first-order valence-electron chi connectivity index (χ1n) is 29.7. The van der Waals surface area contributed by atoms with E-state index in [4.69, 9.17) is 0 Å². The molecule has 0 spiro atoms. The normalized spacial score (nSPS) is 13.2. The highest BCUT2D eigenvalue weighted by Gasteiger charge is 2.60. The highest BCUT2D eigenvalue weighted by atomic mass is 32.1. The lowest BCUT2D eigenvalue weighted by atomic mass is 9.87. The number of hydrogen-bond donors (Lipinski definition) is 0. The molecule has 85 heavy (non-hydrogen) atoms. The monoisotopic (exact) mass is 1160 g/mol. The molecule has 13 aromatic carbocycles. The second-order valence-corrected chi connectivity index (χ2v) is 38.2. The predicted octanol–water partition coefficient (Wildman–Crippen LogP) is 24.2. The van der Waals surface area contributed by atoms with Gasteiger partial charge in [-0.05, 0) is 162 Å². The quantitative estimate of drug-likeness (QED) is 0.0995. The Hall–Kier alpha value is -8.89. The number of hydrogen-bond acceptors (Lipinski definition) is 4. The van der Waals surface area contributed by atoms with E-state index in [1.807, 2.05) is 22.7 Å². The molecule has 2 aromatic heterocycles. The molecule has 0 radical (unpaired) electrons. The fourth-order valence-corrected chi connectivity index (χ4v) is 30.9. The molecule has 1 aliphatic rings. The highest BCUT2D eigenvalue weighted by molar-refractivity contribution is 7.26. The zero-order valence-electron chi connectivity index (χ0n) is 48.6. The second-order valence-electron chi connectivity index (χ2n) is 25.1. The van der Waals surface area contributed by atoms with Crippen LogP contribution in [0.3, 0.4) is 0 Å². The van der Waals surface area contributed by atoms with E-state index in [1.54, 1.807) is 5.56 Å². The van der Waals surface area contributed by atoms with Crippen LogP contribution >= 0.6 is 22.7 Å². The van der Waals surface area contributed by atoms with Gasteiger partial charge in [0.2, 0.25) is 0 Å². The van der Waals surface area contributed by atoms with Gasteiger partial charge in [-0.2, -0.15) is 0 Å². The van der Waals surface area contributed by atoms with E-state index in [0.717, 1.165) is 22.7 Å². The van der Waals surface area contributed by atoms with Gasteiger partial charge in [0.25, 0.3) is 0 Å². The van der Waals surface area contributed by atoms with E-state index in [1.165, 1.54) is 123 Å².